The monoisotopic (exact) mass is 517 g/mol. The van der Waals surface area contributed by atoms with Gasteiger partial charge in [-0.25, -0.2) is 4.39 Å². The summed E-state index contributed by atoms with van der Waals surface area (Å²) < 4.78 is 17.3. The lowest BCUT2D eigenvalue weighted by atomic mass is 9.75. The molecule has 0 aliphatic rings. The summed E-state index contributed by atoms with van der Waals surface area (Å²) >= 11 is 0.762. The molecule has 0 spiro atoms. The molecule has 37 heavy (non-hydrogen) atoms. The Morgan fingerprint density at radius 2 is 1.51 bits per heavy atom. The van der Waals surface area contributed by atoms with E-state index in [0.717, 1.165) is 17.1 Å². The fraction of sp³-hybridized carbons (Fsp3) is 0.143. The number of rotatable bonds is 10. The molecule has 0 aliphatic carbocycles. The van der Waals surface area contributed by atoms with E-state index >= 15 is 0 Å². The van der Waals surface area contributed by atoms with E-state index in [1.54, 1.807) is 54.6 Å². The number of primary amides is 1. The van der Waals surface area contributed by atoms with Gasteiger partial charge in [-0.05, 0) is 58.9 Å². The van der Waals surface area contributed by atoms with Crippen molar-refractivity contribution in [3.05, 3.63) is 112 Å². The summed E-state index contributed by atoms with van der Waals surface area (Å²) in [5.74, 6) is -3.83. The van der Waals surface area contributed by atoms with Crippen LogP contribution in [0.4, 0.5) is 10.1 Å². The number of phenols is 1. The first kappa shape index (κ1) is 25.7. The number of carbonyl (C=O) groups excluding carboxylic acids is 3. The van der Waals surface area contributed by atoms with Crippen LogP contribution in [0.1, 0.15) is 55.1 Å². The van der Waals surface area contributed by atoms with Crippen molar-refractivity contribution in [3.63, 3.8) is 0 Å². The first-order chi connectivity index (χ1) is 17.8. The summed E-state index contributed by atoms with van der Waals surface area (Å²) in [6, 6.07) is 20.8. The molecule has 0 saturated heterocycles. The van der Waals surface area contributed by atoms with Crippen LogP contribution in [-0.4, -0.2) is 27.0 Å². The molecule has 5 N–H and O–H groups in total. The third kappa shape index (κ3) is 5.73. The van der Waals surface area contributed by atoms with Crippen molar-refractivity contribution in [3.8, 4) is 5.75 Å². The summed E-state index contributed by atoms with van der Waals surface area (Å²) in [4.78, 5) is 39.6. The van der Waals surface area contributed by atoms with E-state index in [2.05, 4.69) is 4.37 Å². The first-order valence-corrected chi connectivity index (χ1v) is 12.2. The minimum Gasteiger partial charge on any atom is -0.508 e. The summed E-state index contributed by atoms with van der Waals surface area (Å²) in [6.45, 7) is 0. The molecule has 2 atom stereocenters. The Labute approximate surface area is 216 Å². The van der Waals surface area contributed by atoms with E-state index < -0.39 is 23.5 Å². The molecule has 4 rings (SSSR count). The largest absolute Gasteiger partial charge is 0.508 e. The highest BCUT2D eigenvalue weighted by atomic mass is 32.1. The fourth-order valence-electron chi connectivity index (χ4n) is 4.27. The lowest BCUT2D eigenvalue weighted by Gasteiger charge is -2.26. The van der Waals surface area contributed by atoms with Crippen LogP contribution in [0.15, 0.2) is 78.9 Å². The van der Waals surface area contributed by atoms with Gasteiger partial charge in [-0.1, -0.05) is 54.6 Å². The lowest BCUT2D eigenvalue weighted by Crippen LogP contribution is -2.27. The number of ketones is 2. The van der Waals surface area contributed by atoms with Gasteiger partial charge in [0.05, 0.1) is 17.5 Å². The zero-order valence-electron chi connectivity index (χ0n) is 19.6. The van der Waals surface area contributed by atoms with Crippen molar-refractivity contribution in [2.24, 2.45) is 5.73 Å². The predicted octanol–water partition coefficient (Wildman–Crippen LogP) is 4.62. The Morgan fingerprint density at radius 1 is 0.892 bits per heavy atom. The molecule has 1 aromatic heterocycles. The van der Waals surface area contributed by atoms with Crippen molar-refractivity contribution in [1.29, 1.82) is 0 Å². The molecule has 1 heterocycles. The van der Waals surface area contributed by atoms with Gasteiger partial charge in [-0.15, -0.1) is 0 Å². The van der Waals surface area contributed by atoms with E-state index in [0.29, 0.717) is 17.5 Å². The SMILES string of the molecule is NC(=O)c1nsc(C(=O)C(c2ccccc2)C(C(=O)CCc2ccc(F)cc2)c2ccc(O)cc2)c1N. The smallest absolute Gasteiger partial charge is 0.270 e. The molecule has 2 unspecified atom stereocenters. The van der Waals surface area contributed by atoms with Crippen LogP contribution in [0.2, 0.25) is 0 Å². The van der Waals surface area contributed by atoms with Crippen LogP contribution in [0.5, 0.6) is 5.75 Å². The number of hydrogen-bond donors (Lipinski definition) is 3. The summed E-state index contributed by atoms with van der Waals surface area (Å²) in [5.41, 5.74) is 13.0. The number of hydrogen-bond acceptors (Lipinski definition) is 7. The van der Waals surface area contributed by atoms with Crippen LogP contribution in [0.25, 0.3) is 0 Å². The molecule has 7 nitrogen and oxygen atoms in total. The number of anilines is 1. The van der Waals surface area contributed by atoms with Gasteiger partial charge in [0.25, 0.3) is 5.91 Å². The Morgan fingerprint density at radius 3 is 2.11 bits per heavy atom. The van der Waals surface area contributed by atoms with Crippen LogP contribution in [-0.2, 0) is 11.2 Å². The molecule has 188 valence electrons. The van der Waals surface area contributed by atoms with Crippen LogP contribution >= 0.6 is 11.5 Å². The molecule has 4 aromatic rings. The summed E-state index contributed by atoms with van der Waals surface area (Å²) in [5, 5.41) is 9.84. The van der Waals surface area contributed by atoms with E-state index in [4.69, 9.17) is 11.5 Å². The zero-order chi connectivity index (χ0) is 26.5. The molecular formula is C28H24FN3O4S. The zero-order valence-corrected chi connectivity index (χ0v) is 20.5. The van der Waals surface area contributed by atoms with Gasteiger partial charge in [0.2, 0.25) is 0 Å². The maximum absolute atomic E-state index is 14.0. The number of amides is 1. The normalized spacial score (nSPS) is 12.6. The average molecular weight is 518 g/mol. The highest BCUT2D eigenvalue weighted by Crippen LogP contribution is 2.40. The maximum Gasteiger partial charge on any atom is 0.270 e. The van der Waals surface area contributed by atoms with Crippen molar-refractivity contribution in [1.82, 2.24) is 4.37 Å². The van der Waals surface area contributed by atoms with Crippen LogP contribution in [0.3, 0.4) is 0 Å². The van der Waals surface area contributed by atoms with E-state index in [1.807, 2.05) is 0 Å². The standard InChI is InChI=1S/C28H24FN3O4S/c29-19-11-6-16(7-12-19)8-15-21(34)22(18-9-13-20(33)14-10-18)23(17-4-2-1-3-5-17)26(35)27-24(30)25(28(31)36)32-37-27/h1-7,9-14,22-23,33H,8,15,30H2,(H2,31,36). The first-order valence-electron chi connectivity index (χ1n) is 11.5. The number of aryl methyl sites for hydroxylation is 1. The third-order valence-electron chi connectivity index (χ3n) is 6.13. The van der Waals surface area contributed by atoms with Crippen molar-refractivity contribution in [2.75, 3.05) is 5.73 Å². The highest BCUT2D eigenvalue weighted by Gasteiger charge is 2.38. The third-order valence-corrected chi connectivity index (χ3v) is 7.01. The number of Topliss-reactive ketones (excluding diaryl/α,β-unsaturated/α-hetero) is 2. The summed E-state index contributed by atoms with van der Waals surface area (Å²) in [7, 11) is 0. The van der Waals surface area contributed by atoms with Crippen LogP contribution < -0.4 is 11.5 Å². The second kappa shape index (κ2) is 11.1. The molecule has 0 radical (unpaired) electrons. The number of benzene rings is 3. The van der Waals surface area contributed by atoms with Gasteiger partial charge in [0.15, 0.2) is 11.5 Å². The number of carbonyl (C=O) groups is 3. The second-order valence-electron chi connectivity index (χ2n) is 8.55. The average Bonchev–Trinajstić information content (AvgIpc) is 3.29. The molecule has 0 aliphatic heterocycles. The molecule has 3 aromatic carbocycles. The topological polar surface area (TPSA) is 136 Å². The van der Waals surface area contributed by atoms with E-state index in [1.165, 1.54) is 24.3 Å². The van der Waals surface area contributed by atoms with Gasteiger partial charge in [0, 0.05) is 6.42 Å². The minimum absolute atomic E-state index is 0.0154. The number of nitrogen functional groups attached to an aromatic ring is 1. The lowest BCUT2D eigenvalue weighted by molar-refractivity contribution is -0.120. The Hall–Kier alpha value is -4.37. The molecule has 9 heteroatoms. The van der Waals surface area contributed by atoms with Crippen LogP contribution in [0, 0.1) is 5.82 Å². The van der Waals surface area contributed by atoms with Gasteiger partial charge < -0.3 is 16.6 Å². The number of aromatic nitrogens is 1. The Balaban J connectivity index is 1.79. The minimum atomic E-state index is -0.991. The van der Waals surface area contributed by atoms with Crippen molar-refractivity contribution in [2.45, 2.75) is 24.7 Å². The Bertz CT molecular complexity index is 1420. The number of halogens is 1. The molecule has 0 bridgehead atoms. The number of nitrogens with zero attached hydrogens (tertiary/aromatic N) is 1. The fourth-order valence-corrected chi connectivity index (χ4v) is 5.05. The maximum atomic E-state index is 14.0. The van der Waals surface area contributed by atoms with E-state index in [9.17, 15) is 23.9 Å². The predicted molar refractivity (Wildman–Crippen MR) is 139 cm³/mol. The van der Waals surface area contributed by atoms with Gasteiger partial charge >= 0.3 is 0 Å². The molecule has 0 saturated carbocycles. The van der Waals surface area contributed by atoms with Gasteiger partial charge in [0.1, 0.15) is 22.2 Å². The molecular weight excluding hydrogens is 493 g/mol. The Kier molecular flexibility index (Phi) is 7.74. The molecule has 0 fully saturated rings. The summed E-state index contributed by atoms with van der Waals surface area (Å²) in [6.07, 6.45) is 0.427. The number of phenolic OH excluding ortho intramolecular Hbond substituents is 1. The molecule has 1 amide bonds. The van der Waals surface area contributed by atoms with Gasteiger partial charge in [-0.3, -0.25) is 14.4 Å². The van der Waals surface area contributed by atoms with Crippen molar-refractivity contribution >= 4 is 34.7 Å². The highest BCUT2D eigenvalue weighted by molar-refractivity contribution is 7.09. The number of nitrogens with two attached hydrogens (primary N) is 2. The number of aromatic hydroxyl groups is 1. The second-order valence-corrected chi connectivity index (χ2v) is 9.33. The quantitative estimate of drug-likeness (QED) is 0.263. The van der Waals surface area contributed by atoms with Gasteiger partial charge in [-0.2, -0.15) is 4.37 Å². The van der Waals surface area contributed by atoms with Crippen molar-refractivity contribution < 1.29 is 23.9 Å². The van der Waals surface area contributed by atoms with E-state index in [-0.39, 0.29) is 40.0 Å².